The lowest BCUT2D eigenvalue weighted by Crippen LogP contribution is -2.49. The van der Waals surface area contributed by atoms with Crippen molar-refractivity contribution in [3.63, 3.8) is 0 Å². The van der Waals surface area contributed by atoms with Crippen LogP contribution in [-0.2, 0) is 16.0 Å². The largest absolute Gasteiger partial charge is 0.481 e. The number of nitrogens with zero attached hydrogens (tertiary/aromatic N) is 2. The van der Waals surface area contributed by atoms with Crippen LogP contribution in [0.5, 0.6) is 0 Å². The number of piperidine rings is 1. The summed E-state index contributed by atoms with van der Waals surface area (Å²) >= 11 is 0. The molecule has 1 N–H and O–H groups in total. The van der Waals surface area contributed by atoms with Crippen molar-refractivity contribution in [1.82, 2.24) is 4.90 Å². The summed E-state index contributed by atoms with van der Waals surface area (Å²) in [5.74, 6) is -1.55. The number of hydrogen-bond acceptors (Lipinski definition) is 4. The van der Waals surface area contributed by atoms with Crippen LogP contribution >= 0.6 is 0 Å². The molecule has 118 valence electrons. The van der Waals surface area contributed by atoms with E-state index in [1.807, 2.05) is 0 Å². The maximum Gasteiger partial charge on any atom is 0.308 e. The topological polar surface area (TPSA) is 101 Å². The number of aliphatic carboxylic acids is 1. The van der Waals surface area contributed by atoms with Gasteiger partial charge in [0.25, 0.3) is 5.69 Å². The fraction of sp³-hybridized carbons (Fsp3) is 0.467. The predicted molar refractivity (Wildman–Crippen MR) is 78.3 cm³/mol. The Labute approximate surface area is 127 Å². The number of rotatable bonds is 4. The molecule has 1 aromatic rings. The van der Waals surface area contributed by atoms with Crippen molar-refractivity contribution >= 4 is 17.6 Å². The number of carbonyl (C=O) groups excluding carboxylic acids is 1. The van der Waals surface area contributed by atoms with Gasteiger partial charge in [0.15, 0.2) is 0 Å². The fourth-order valence-corrected chi connectivity index (χ4v) is 2.84. The molecule has 0 unspecified atom stereocenters. The van der Waals surface area contributed by atoms with E-state index < -0.39 is 16.8 Å². The molecule has 0 aliphatic carbocycles. The first-order chi connectivity index (χ1) is 10.4. The quantitative estimate of drug-likeness (QED) is 0.675. The normalized spacial score (nSPS) is 21.4. The third-order valence-electron chi connectivity index (χ3n) is 4.13. The number of likely N-dealkylation sites (tertiary alicyclic amines) is 1. The highest BCUT2D eigenvalue weighted by molar-refractivity contribution is 5.80. The van der Waals surface area contributed by atoms with Gasteiger partial charge >= 0.3 is 5.97 Å². The molecule has 1 aliphatic heterocycles. The first-order valence-electron chi connectivity index (χ1n) is 7.15. The van der Waals surface area contributed by atoms with Crippen LogP contribution in [0.2, 0.25) is 0 Å². The first kappa shape index (κ1) is 15.9. The lowest BCUT2D eigenvalue weighted by molar-refractivity contribution is -0.384. The monoisotopic (exact) mass is 306 g/mol. The predicted octanol–water partition coefficient (Wildman–Crippen LogP) is 1.85. The van der Waals surface area contributed by atoms with Crippen molar-refractivity contribution in [2.24, 2.45) is 5.92 Å². The second-order valence-electron chi connectivity index (χ2n) is 5.52. The van der Waals surface area contributed by atoms with Crippen molar-refractivity contribution < 1.29 is 19.6 Å². The van der Waals surface area contributed by atoms with Gasteiger partial charge in [-0.05, 0) is 25.3 Å². The molecule has 22 heavy (non-hydrogen) atoms. The molecule has 7 heteroatoms. The minimum atomic E-state index is -0.875. The van der Waals surface area contributed by atoms with Gasteiger partial charge in [-0.15, -0.1) is 0 Å². The number of hydrogen-bond donors (Lipinski definition) is 1. The van der Waals surface area contributed by atoms with Crippen molar-refractivity contribution in [2.75, 3.05) is 6.54 Å². The number of carboxylic acids is 1. The number of nitro benzene ring substituents is 1. The summed E-state index contributed by atoms with van der Waals surface area (Å²) in [6.07, 6.45) is 1.37. The number of non-ortho nitro benzene ring substituents is 1. The summed E-state index contributed by atoms with van der Waals surface area (Å²) < 4.78 is 0. The molecule has 1 fully saturated rings. The Balaban J connectivity index is 2.04. The molecule has 1 heterocycles. The standard InChI is InChI=1S/C15H18N2O5/c1-10-13(15(19)20)3-2-8-16(10)14(18)9-11-4-6-12(7-5-11)17(21)22/h4-7,10,13H,2-3,8-9H2,1H3,(H,19,20)/t10-,13-/m1/s1. The maximum atomic E-state index is 12.4. The Kier molecular flexibility index (Phi) is 4.75. The highest BCUT2D eigenvalue weighted by atomic mass is 16.6. The molecule has 2 rings (SSSR count). The second-order valence-corrected chi connectivity index (χ2v) is 5.52. The summed E-state index contributed by atoms with van der Waals surface area (Å²) in [4.78, 5) is 35.3. The van der Waals surface area contributed by atoms with Crippen LogP contribution < -0.4 is 0 Å². The Morgan fingerprint density at radius 1 is 1.36 bits per heavy atom. The molecule has 0 saturated carbocycles. The zero-order valence-corrected chi connectivity index (χ0v) is 12.3. The smallest absolute Gasteiger partial charge is 0.308 e. The van der Waals surface area contributed by atoms with Crippen LogP contribution in [0.4, 0.5) is 5.69 Å². The summed E-state index contributed by atoms with van der Waals surface area (Å²) in [5.41, 5.74) is 0.661. The molecule has 1 saturated heterocycles. The Hall–Kier alpha value is -2.44. The SMILES string of the molecule is C[C@@H]1[C@H](C(=O)O)CCCN1C(=O)Cc1ccc([N+](=O)[O-])cc1. The van der Waals surface area contributed by atoms with Crippen LogP contribution in [0.3, 0.4) is 0 Å². The summed E-state index contributed by atoms with van der Waals surface area (Å²) in [5, 5.41) is 19.8. The van der Waals surface area contributed by atoms with Gasteiger partial charge in [0.05, 0.1) is 17.3 Å². The second kappa shape index (κ2) is 6.55. The van der Waals surface area contributed by atoms with Crippen LogP contribution in [-0.4, -0.2) is 39.4 Å². The average molecular weight is 306 g/mol. The van der Waals surface area contributed by atoms with E-state index in [0.717, 1.165) is 0 Å². The number of carboxylic acid groups (broad SMARTS) is 1. The van der Waals surface area contributed by atoms with Crippen LogP contribution in [0.25, 0.3) is 0 Å². The van der Waals surface area contributed by atoms with Gasteiger partial charge < -0.3 is 10.0 Å². The van der Waals surface area contributed by atoms with E-state index in [1.165, 1.54) is 12.1 Å². The van der Waals surface area contributed by atoms with E-state index in [-0.39, 0.29) is 24.1 Å². The van der Waals surface area contributed by atoms with Crippen LogP contribution in [0, 0.1) is 16.0 Å². The van der Waals surface area contributed by atoms with Crippen molar-refractivity contribution in [1.29, 1.82) is 0 Å². The van der Waals surface area contributed by atoms with E-state index in [1.54, 1.807) is 24.0 Å². The third-order valence-corrected chi connectivity index (χ3v) is 4.13. The summed E-state index contributed by atoms with van der Waals surface area (Å²) in [6.45, 7) is 2.31. The van der Waals surface area contributed by atoms with Gasteiger partial charge in [0.2, 0.25) is 5.91 Å². The molecule has 7 nitrogen and oxygen atoms in total. The molecule has 1 aromatic carbocycles. The van der Waals surface area contributed by atoms with Gasteiger partial charge in [-0.3, -0.25) is 19.7 Å². The Morgan fingerprint density at radius 2 is 2.00 bits per heavy atom. The molecular weight excluding hydrogens is 288 g/mol. The molecule has 0 spiro atoms. The number of carbonyl (C=O) groups is 2. The van der Waals surface area contributed by atoms with E-state index in [4.69, 9.17) is 0 Å². The van der Waals surface area contributed by atoms with Gasteiger partial charge in [0.1, 0.15) is 0 Å². The molecule has 2 atom stereocenters. The third kappa shape index (κ3) is 3.41. The summed E-state index contributed by atoms with van der Waals surface area (Å²) in [6, 6.07) is 5.50. The first-order valence-corrected chi connectivity index (χ1v) is 7.15. The lowest BCUT2D eigenvalue weighted by Gasteiger charge is -2.37. The Bertz CT molecular complexity index is 584. The Morgan fingerprint density at radius 3 is 2.55 bits per heavy atom. The highest BCUT2D eigenvalue weighted by Crippen LogP contribution is 2.24. The number of amides is 1. The highest BCUT2D eigenvalue weighted by Gasteiger charge is 2.35. The van der Waals surface area contributed by atoms with E-state index in [0.29, 0.717) is 24.9 Å². The summed E-state index contributed by atoms with van der Waals surface area (Å²) in [7, 11) is 0. The lowest BCUT2D eigenvalue weighted by atomic mass is 9.90. The molecular formula is C15H18N2O5. The van der Waals surface area contributed by atoms with E-state index in [2.05, 4.69) is 0 Å². The minimum absolute atomic E-state index is 0.0199. The number of nitro groups is 1. The fourth-order valence-electron chi connectivity index (χ4n) is 2.84. The van der Waals surface area contributed by atoms with Crippen molar-refractivity contribution in [2.45, 2.75) is 32.2 Å². The van der Waals surface area contributed by atoms with Crippen molar-refractivity contribution in [3.05, 3.63) is 39.9 Å². The molecule has 1 amide bonds. The zero-order chi connectivity index (χ0) is 16.3. The van der Waals surface area contributed by atoms with E-state index >= 15 is 0 Å². The van der Waals surface area contributed by atoms with Gasteiger partial charge in [-0.25, -0.2) is 0 Å². The van der Waals surface area contributed by atoms with Crippen LogP contribution in [0.15, 0.2) is 24.3 Å². The minimum Gasteiger partial charge on any atom is -0.481 e. The van der Waals surface area contributed by atoms with Crippen LogP contribution in [0.1, 0.15) is 25.3 Å². The van der Waals surface area contributed by atoms with Crippen molar-refractivity contribution in [3.8, 4) is 0 Å². The zero-order valence-electron chi connectivity index (χ0n) is 12.3. The molecule has 1 aliphatic rings. The maximum absolute atomic E-state index is 12.4. The van der Waals surface area contributed by atoms with Gasteiger partial charge in [0, 0.05) is 24.7 Å². The molecule has 0 radical (unpaired) electrons. The van der Waals surface area contributed by atoms with Gasteiger partial charge in [-0.2, -0.15) is 0 Å². The van der Waals surface area contributed by atoms with E-state index in [9.17, 15) is 24.8 Å². The number of benzene rings is 1. The van der Waals surface area contributed by atoms with Gasteiger partial charge in [-0.1, -0.05) is 12.1 Å². The average Bonchev–Trinajstić information content (AvgIpc) is 2.47. The molecule has 0 aromatic heterocycles. The molecule has 0 bridgehead atoms.